The van der Waals surface area contributed by atoms with Crippen molar-refractivity contribution in [1.82, 2.24) is 10.3 Å². The highest BCUT2D eigenvalue weighted by molar-refractivity contribution is 7.94. The third kappa shape index (κ3) is 3.78. The van der Waals surface area contributed by atoms with Crippen molar-refractivity contribution in [2.75, 3.05) is 11.3 Å². The van der Waals surface area contributed by atoms with Crippen LogP contribution in [0.25, 0.3) is 0 Å². The SMILES string of the molecule is CCNCc1ccc(S(=O)(=O)Nc2ccnc(C)c2)s1. The fourth-order valence-electron chi connectivity index (χ4n) is 1.66. The molecule has 0 radical (unpaired) electrons. The molecule has 5 nitrogen and oxygen atoms in total. The lowest BCUT2D eigenvalue weighted by Gasteiger charge is -2.06. The average Bonchev–Trinajstić information content (AvgIpc) is 2.85. The molecule has 20 heavy (non-hydrogen) atoms. The Morgan fingerprint density at radius 1 is 1.30 bits per heavy atom. The van der Waals surface area contributed by atoms with E-state index in [0.29, 0.717) is 16.4 Å². The van der Waals surface area contributed by atoms with Gasteiger partial charge >= 0.3 is 0 Å². The Morgan fingerprint density at radius 3 is 2.80 bits per heavy atom. The van der Waals surface area contributed by atoms with Crippen LogP contribution in [0.15, 0.2) is 34.7 Å². The summed E-state index contributed by atoms with van der Waals surface area (Å²) in [5.41, 5.74) is 1.29. The number of anilines is 1. The van der Waals surface area contributed by atoms with Gasteiger partial charge in [-0.3, -0.25) is 9.71 Å². The minimum absolute atomic E-state index is 0.319. The zero-order valence-corrected chi connectivity index (χ0v) is 13.0. The first-order valence-electron chi connectivity index (χ1n) is 6.26. The van der Waals surface area contributed by atoms with Crippen LogP contribution in [0.4, 0.5) is 5.69 Å². The van der Waals surface area contributed by atoms with Gasteiger partial charge in [0.05, 0.1) is 5.69 Å². The number of aryl methyl sites for hydroxylation is 1. The van der Waals surface area contributed by atoms with Crippen LogP contribution in [0, 0.1) is 6.92 Å². The molecular formula is C13H17N3O2S2. The lowest BCUT2D eigenvalue weighted by Crippen LogP contribution is -2.12. The third-order valence-electron chi connectivity index (χ3n) is 2.60. The summed E-state index contributed by atoms with van der Waals surface area (Å²) in [6.45, 7) is 5.37. The van der Waals surface area contributed by atoms with E-state index in [1.807, 2.05) is 19.9 Å². The van der Waals surface area contributed by atoms with Gasteiger partial charge in [0, 0.05) is 23.3 Å². The molecule has 0 aliphatic carbocycles. The van der Waals surface area contributed by atoms with Crippen molar-refractivity contribution in [3.8, 4) is 0 Å². The minimum atomic E-state index is -3.52. The third-order valence-corrected chi connectivity index (χ3v) is 5.56. The van der Waals surface area contributed by atoms with E-state index in [-0.39, 0.29) is 0 Å². The highest BCUT2D eigenvalue weighted by Crippen LogP contribution is 2.24. The van der Waals surface area contributed by atoms with Crippen molar-refractivity contribution in [3.05, 3.63) is 41.0 Å². The van der Waals surface area contributed by atoms with E-state index in [2.05, 4.69) is 15.0 Å². The molecule has 0 aliphatic rings. The van der Waals surface area contributed by atoms with Crippen LogP contribution in [-0.4, -0.2) is 19.9 Å². The van der Waals surface area contributed by atoms with Crippen LogP contribution in [0.5, 0.6) is 0 Å². The molecule has 0 aliphatic heterocycles. The molecule has 2 rings (SSSR count). The number of sulfonamides is 1. The van der Waals surface area contributed by atoms with E-state index in [1.165, 1.54) is 11.3 Å². The Bertz CT molecular complexity index is 680. The summed E-state index contributed by atoms with van der Waals surface area (Å²) >= 11 is 1.27. The van der Waals surface area contributed by atoms with Gasteiger partial charge in [0.15, 0.2) is 0 Å². The van der Waals surface area contributed by atoms with E-state index in [4.69, 9.17) is 0 Å². The normalized spacial score (nSPS) is 11.5. The molecule has 0 saturated carbocycles. The fraction of sp³-hybridized carbons (Fsp3) is 0.308. The zero-order chi connectivity index (χ0) is 14.6. The van der Waals surface area contributed by atoms with Gasteiger partial charge in [-0.25, -0.2) is 8.42 Å². The average molecular weight is 311 g/mol. The molecular weight excluding hydrogens is 294 g/mol. The molecule has 0 saturated heterocycles. The molecule has 0 unspecified atom stereocenters. The Labute approximate surface area is 123 Å². The number of nitrogens with zero attached hydrogens (tertiary/aromatic N) is 1. The first-order valence-corrected chi connectivity index (χ1v) is 8.56. The standard InChI is InChI=1S/C13H17N3O2S2/c1-3-14-9-12-4-5-13(19-12)20(17,18)16-11-6-7-15-10(2)8-11/h4-8,14H,3,9H2,1-2H3,(H,15,16). The number of pyridine rings is 1. The maximum absolute atomic E-state index is 12.3. The molecule has 0 spiro atoms. The Balaban J connectivity index is 2.16. The first kappa shape index (κ1) is 15.0. The van der Waals surface area contributed by atoms with Gasteiger partial charge in [0.25, 0.3) is 10.0 Å². The van der Waals surface area contributed by atoms with Gasteiger partial charge in [0.2, 0.25) is 0 Å². The maximum Gasteiger partial charge on any atom is 0.271 e. The highest BCUT2D eigenvalue weighted by Gasteiger charge is 2.17. The van der Waals surface area contributed by atoms with Gasteiger partial charge in [-0.05, 0) is 37.7 Å². The molecule has 2 aromatic rings. The second kappa shape index (κ2) is 6.34. The molecule has 2 N–H and O–H groups in total. The fourth-order valence-corrected chi connectivity index (χ4v) is 4.04. The van der Waals surface area contributed by atoms with E-state index >= 15 is 0 Å². The van der Waals surface area contributed by atoms with E-state index < -0.39 is 10.0 Å². The van der Waals surface area contributed by atoms with Gasteiger partial charge in [-0.1, -0.05) is 6.92 Å². The molecule has 0 atom stereocenters. The summed E-state index contributed by atoms with van der Waals surface area (Å²) < 4.78 is 27.4. The van der Waals surface area contributed by atoms with E-state index in [0.717, 1.165) is 17.1 Å². The lowest BCUT2D eigenvalue weighted by atomic mass is 10.3. The van der Waals surface area contributed by atoms with Crippen LogP contribution < -0.4 is 10.0 Å². The second-order valence-corrected chi connectivity index (χ2v) is 7.37. The van der Waals surface area contributed by atoms with Crippen molar-refractivity contribution in [1.29, 1.82) is 0 Å². The highest BCUT2D eigenvalue weighted by atomic mass is 32.2. The number of rotatable bonds is 6. The Kier molecular flexibility index (Phi) is 4.74. The molecule has 0 bridgehead atoms. The number of nitrogens with one attached hydrogen (secondary N) is 2. The Hall–Kier alpha value is -1.44. The minimum Gasteiger partial charge on any atom is -0.312 e. The number of aromatic nitrogens is 1. The largest absolute Gasteiger partial charge is 0.312 e. The van der Waals surface area contributed by atoms with Crippen LogP contribution >= 0.6 is 11.3 Å². The number of hydrogen-bond donors (Lipinski definition) is 2. The summed E-state index contributed by atoms with van der Waals surface area (Å²) in [5.74, 6) is 0. The topological polar surface area (TPSA) is 71.1 Å². The van der Waals surface area contributed by atoms with Crippen molar-refractivity contribution in [2.45, 2.75) is 24.6 Å². The van der Waals surface area contributed by atoms with Crippen molar-refractivity contribution < 1.29 is 8.42 Å². The van der Waals surface area contributed by atoms with Gasteiger partial charge < -0.3 is 5.32 Å². The summed E-state index contributed by atoms with van der Waals surface area (Å²) in [4.78, 5) is 5.04. The second-order valence-electron chi connectivity index (χ2n) is 4.29. The smallest absolute Gasteiger partial charge is 0.271 e. The molecule has 108 valence electrons. The molecule has 2 aromatic heterocycles. The summed E-state index contributed by atoms with van der Waals surface area (Å²) in [6, 6.07) is 6.80. The van der Waals surface area contributed by atoms with E-state index in [9.17, 15) is 8.42 Å². The molecule has 2 heterocycles. The number of thiophene rings is 1. The molecule has 0 aromatic carbocycles. The quantitative estimate of drug-likeness (QED) is 0.859. The van der Waals surface area contributed by atoms with E-state index in [1.54, 1.807) is 24.4 Å². The molecule has 0 fully saturated rings. The van der Waals surface area contributed by atoms with Crippen LogP contribution in [0.3, 0.4) is 0 Å². The van der Waals surface area contributed by atoms with Crippen molar-refractivity contribution in [2.24, 2.45) is 0 Å². The van der Waals surface area contributed by atoms with Gasteiger partial charge in [0.1, 0.15) is 4.21 Å². The van der Waals surface area contributed by atoms with Crippen LogP contribution in [0.1, 0.15) is 17.5 Å². The Morgan fingerprint density at radius 2 is 2.10 bits per heavy atom. The molecule has 0 amide bonds. The molecule has 7 heteroatoms. The predicted octanol–water partition coefficient (Wildman–Crippen LogP) is 2.36. The van der Waals surface area contributed by atoms with Crippen molar-refractivity contribution in [3.63, 3.8) is 0 Å². The van der Waals surface area contributed by atoms with Crippen LogP contribution in [-0.2, 0) is 16.6 Å². The monoisotopic (exact) mass is 311 g/mol. The van der Waals surface area contributed by atoms with Crippen molar-refractivity contribution >= 4 is 27.0 Å². The predicted molar refractivity (Wildman–Crippen MR) is 81.5 cm³/mol. The number of hydrogen-bond acceptors (Lipinski definition) is 5. The zero-order valence-electron chi connectivity index (χ0n) is 11.4. The summed E-state index contributed by atoms with van der Waals surface area (Å²) in [5, 5.41) is 3.17. The summed E-state index contributed by atoms with van der Waals surface area (Å²) in [7, 11) is -3.52. The lowest BCUT2D eigenvalue weighted by molar-refractivity contribution is 0.603. The summed E-state index contributed by atoms with van der Waals surface area (Å²) in [6.07, 6.45) is 1.58. The van der Waals surface area contributed by atoms with Gasteiger partial charge in [-0.15, -0.1) is 11.3 Å². The first-order chi connectivity index (χ1) is 9.51. The maximum atomic E-state index is 12.3. The van der Waals surface area contributed by atoms with Crippen LogP contribution in [0.2, 0.25) is 0 Å². The van der Waals surface area contributed by atoms with Gasteiger partial charge in [-0.2, -0.15) is 0 Å².